The van der Waals surface area contributed by atoms with E-state index in [0.29, 0.717) is 18.3 Å². The summed E-state index contributed by atoms with van der Waals surface area (Å²) in [6.45, 7) is 1.41. The van der Waals surface area contributed by atoms with Gasteiger partial charge in [0, 0.05) is 18.3 Å². The molecule has 4 rings (SSSR count). The number of sulfonamides is 1. The van der Waals surface area contributed by atoms with Crippen molar-refractivity contribution in [3.8, 4) is 5.75 Å². The number of ether oxygens (including phenoxy) is 1. The highest BCUT2D eigenvalue weighted by atomic mass is 32.2. The molecule has 0 aromatic heterocycles. The van der Waals surface area contributed by atoms with E-state index in [9.17, 15) is 21.6 Å². The van der Waals surface area contributed by atoms with Gasteiger partial charge in [-0.15, -0.1) is 13.2 Å². The molecular formula is C23H27F3N2O3S. The van der Waals surface area contributed by atoms with Crippen molar-refractivity contribution in [1.82, 2.24) is 4.90 Å². The van der Waals surface area contributed by atoms with Gasteiger partial charge in [0.25, 0.3) is 0 Å². The molecule has 2 bridgehead atoms. The summed E-state index contributed by atoms with van der Waals surface area (Å²) >= 11 is 0. The maximum absolute atomic E-state index is 12.6. The minimum atomic E-state index is -4.70. The molecule has 2 unspecified atom stereocenters. The molecule has 0 spiro atoms. The van der Waals surface area contributed by atoms with E-state index in [-0.39, 0.29) is 11.2 Å². The quantitative estimate of drug-likeness (QED) is 0.645. The van der Waals surface area contributed by atoms with Gasteiger partial charge in [-0.3, -0.25) is 9.62 Å². The average molecular weight is 469 g/mol. The molecule has 1 heterocycles. The molecule has 9 heteroatoms. The molecule has 1 aliphatic carbocycles. The Morgan fingerprint density at radius 3 is 2.69 bits per heavy atom. The Bertz CT molecular complexity index is 1070. The molecule has 5 nitrogen and oxygen atoms in total. The molecule has 2 fully saturated rings. The smallest absolute Gasteiger partial charge is 0.406 e. The largest absolute Gasteiger partial charge is 0.573 e. The third kappa shape index (κ3) is 5.56. The maximum Gasteiger partial charge on any atom is 0.573 e. The normalized spacial score (nSPS) is 24.2. The molecule has 2 aliphatic rings. The van der Waals surface area contributed by atoms with Crippen molar-refractivity contribution in [3.63, 3.8) is 0 Å². The average Bonchev–Trinajstić information content (AvgIpc) is 2.68. The molecule has 2 atom stereocenters. The summed E-state index contributed by atoms with van der Waals surface area (Å²) in [7, 11) is -3.35. The number of nitrogens with one attached hydrogen (secondary N) is 1. The van der Waals surface area contributed by atoms with Gasteiger partial charge < -0.3 is 4.74 Å². The molecule has 1 saturated heterocycles. The van der Waals surface area contributed by atoms with Crippen LogP contribution in [-0.2, 0) is 22.0 Å². The van der Waals surface area contributed by atoms with Crippen molar-refractivity contribution in [1.29, 1.82) is 0 Å². The number of hydrogen-bond donors (Lipinski definition) is 1. The molecule has 0 radical (unpaired) electrons. The SMILES string of the molecule is CS(=O)(=O)Nc1cccc(C23CCCC(C2)N(Cc2cccc(OC(F)(F)F)c2)CC3)c1. The van der Waals surface area contributed by atoms with E-state index in [1.165, 1.54) is 12.1 Å². The molecule has 2 aromatic rings. The fourth-order valence-electron chi connectivity index (χ4n) is 5.23. The minimum Gasteiger partial charge on any atom is -0.406 e. The van der Waals surface area contributed by atoms with Crippen molar-refractivity contribution in [3.05, 3.63) is 59.7 Å². The number of piperidine rings is 1. The Labute approximate surface area is 186 Å². The van der Waals surface area contributed by atoms with E-state index in [1.54, 1.807) is 12.1 Å². The molecular weight excluding hydrogens is 441 g/mol. The van der Waals surface area contributed by atoms with Crippen LogP contribution in [-0.4, -0.2) is 38.5 Å². The van der Waals surface area contributed by atoms with Gasteiger partial charge in [-0.2, -0.15) is 0 Å². The van der Waals surface area contributed by atoms with Crippen LogP contribution in [0.3, 0.4) is 0 Å². The second-order valence-electron chi connectivity index (χ2n) is 8.90. The first-order valence-electron chi connectivity index (χ1n) is 10.7. The molecule has 1 N–H and O–H groups in total. The van der Waals surface area contributed by atoms with E-state index < -0.39 is 16.4 Å². The number of alkyl halides is 3. The van der Waals surface area contributed by atoms with Crippen LogP contribution in [0.2, 0.25) is 0 Å². The zero-order valence-electron chi connectivity index (χ0n) is 17.9. The number of likely N-dealkylation sites (tertiary alicyclic amines) is 1. The standard InChI is InChI=1S/C23H27F3N2O3S/c1-32(29,30)27-19-7-3-6-18(14-19)22-10-4-8-20(15-22)28(12-11-22)16-17-5-2-9-21(13-17)31-23(24,25)26/h2-3,5-7,9,13-14,20,27H,4,8,10-12,15-16H2,1H3. The van der Waals surface area contributed by atoms with E-state index in [4.69, 9.17) is 0 Å². The van der Waals surface area contributed by atoms with Gasteiger partial charge >= 0.3 is 6.36 Å². The van der Waals surface area contributed by atoms with Gasteiger partial charge in [0.05, 0.1) is 6.26 Å². The van der Waals surface area contributed by atoms with Crippen molar-refractivity contribution in [2.75, 3.05) is 17.5 Å². The molecule has 2 aromatic carbocycles. The molecule has 174 valence electrons. The molecule has 1 aliphatic heterocycles. The zero-order valence-corrected chi connectivity index (χ0v) is 18.7. The topological polar surface area (TPSA) is 58.6 Å². The highest BCUT2D eigenvalue weighted by Crippen LogP contribution is 2.47. The van der Waals surface area contributed by atoms with Crippen molar-refractivity contribution >= 4 is 15.7 Å². The van der Waals surface area contributed by atoms with Gasteiger partial charge in [-0.1, -0.05) is 30.7 Å². The summed E-state index contributed by atoms with van der Waals surface area (Å²) in [4.78, 5) is 2.35. The Hall–Kier alpha value is -2.26. The van der Waals surface area contributed by atoms with Crippen molar-refractivity contribution in [2.24, 2.45) is 0 Å². The molecule has 0 amide bonds. The lowest BCUT2D eigenvalue weighted by Gasteiger charge is -2.51. The van der Waals surface area contributed by atoms with E-state index in [1.807, 2.05) is 18.2 Å². The first-order valence-corrected chi connectivity index (χ1v) is 12.6. The van der Waals surface area contributed by atoms with Crippen LogP contribution in [0.15, 0.2) is 48.5 Å². The van der Waals surface area contributed by atoms with E-state index in [0.717, 1.165) is 56.0 Å². The van der Waals surface area contributed by atoms with Crippen LogP contribution in [0.1, 0.15) is 43.2 Å². The van der Waals surface area contributed by atoms with Crippen LogP contribution >= 0.6 is 0 Å². The number of halogens is 3. The third-order valence-corrected chi connectivity index (χ3v) is 7.12. The molecule has 1 saturated carbocycles. The first-order chi connectivity index (χ1) is 15.0. The van der Waals surface area contributed by atoms with Gasteiger partial charge in [0.1, 0.15) is 5.75 Å². The van der Waals surface area contributed by atoms with Crippen LogP contribution in [0.25, 0.3) is 0 Å². The first kappa shape index (κ1) is 22.9. The Morgan fingerprint density at radius 1 is 1.16 bits per heavy atom. The van der Waals surface area contributed by atoms with Crippen LogP contribution in [0.4, 0.5) is 18.9 Å². The predicted molar refractivity (Wildman–Crippen MR) is 117 cm³/mol. The van der Waals surface area contributed by atoms with Crippen LogP contribution in [0, 0.1) is 0 Å². The van der Waals surface area contributed by atoms with Gasteiger partial charge in [-0.05, 0) is 73.0 Å². The van der Waals surface area contributed by atoms with Crippen LogP contribution in [0.5, 0.6) is 5.75 Å². The minimum absolute atomic E-state index is 0.00411. The number of nitrogens with zero attached hydrogens (tertiary/aromatic N) is 1. The van der Waals surface area contributed by atoms with Crippen molar-refractivity contribution in [2.45, 2.75) is 56.5 Å². The second kappa shape index (κ2) is 8.59. The van der Waals surface area contributed by atoms with Gasteiger partial charge in [0.2, 0.25) is 10.0 Å². The maximum atomic E-state index is 12.6. The number of benzene rings is 2. The van der Waals surface area contributed by atoms with E-state index in [2.05, 4.69) is 20.4 Å². The van der Waals surface area contributed by atoms with Crippen LogP contribution < -0.4 is 9.46 Å². The monoisotopic (exact) mass is 468 g/mol. The lowest BCUT2D eigenvalue weighted by molar-refractivity contribution is -0.274. The summed E-state index contributed by atoms with van der Waals surface area (Å²) in [5.74, 6) is -0.194. The summed E-state index contributed by atoms with van der Waals surface area (Å²) in [5.41, 5.74) is 2.52. The van der Waals surface area contributed by atoms with Gasteiger partial charge in [-0.25, -0.2) is 8.42 Å². The highest BCUT2D eigenvalue weighted by molar-refractivity contribution is 7.92. The highest BCUT2D eigenvalue weighted by Gasteiger charge is 2.43. The summed E-state index contributed by atoms with van der Waals surface area (Å²) in [6.07, 6.45) is 1.46. The lowest BCUT2D eigenvalue weighted by Crippen LogP contribution is -2.51. The Morgan fingerprint density at radius 2 is 1.94 bits per heavy atom. The lowest BCUT2D eigenvalue weighted by atomic mass is 9.63. The van der Waals surface area contributed by atoms with Gasteiger partial charge in [0.15, 0.2) is 0 Å². The third-order valence-electron chi connectivity index (χ3n) is 6.51. The summed E-state index contributed by atoms with van der Waals surface area (Å²) in [6, 6.07) is 14.2. The number of fused-ring (bicyclic) bond motifs is 2. The second-order valence-corrected chi connectivity index (χ2v) is 10.6. The number of hydrogen-bond acceptors (Lipinski definition) is 4. The van der Waals surface area contributed by atoms with E-state index >= 15 is 0 Å². The Kier molecular flexibility index (Phi) is 6.15. The fraction of sp³-hybridized carbons (Fsp3) is 0.478. The zero-order chi connectivity index (χ0) is 23.0. The fourth-order valence-corrected chi connectivity index (χ4v) is 5.78. The van der Waals surface area contributed by atoms with Crippen molar-refractivity contribution < 1.29 is 26.3 Å². The number of rotatable bonds is 6. The number of anilines is 1. The summed E-state index contributed by atoms with van der Waals surface area (Å²) in [5, 5.41) is 0. The Balaban J connectivity index is 1.49. The predicted octanol–water partition coefficient (Wildman–Crippen LogP) is 5.04. The molecule has 32 heavy (non-hydrogen) atoms. The summed E-state index contributed by atoms with van der Waals surface area (Å²) < 4.78 is 67.5.